The van der Waals surface area contributed by atoms with Crippen LogP contribution in [0.1, 0.15) is 278 Å². The number of rotatable bonds is 55. The van der Waals surface area contributed by atoms with Gasteiger partial charge in [-0.3, -0.25) is 23.4 Å². The molecule has 0 rings (SSSR count). The first-order valence-electron chi connectivity index (χ1n) is 29.5. The fourth-order valence-electron chi connectivity index (χ4n) is 8.29. The second-order valence-corrected chi connectivity index (χ2v) is 21.2. The number of phosphoric acid groups is 1. The number of unbranched alkanes of at least 4 members (excludes halogenated alkanes) is 30. The van der Waals surface area contributed by atoms with Crippen molar-refractivity contribution in [2.45, 2.75) is 290 Å². The van der Waals surface area contributed by atoms with Crippen LogP contribution < -0.4 is 0 Å². The van der Waals surface area contributed by atoms with Crippen molar-refractivity contribution in [3.63, 3.8) is 0 Å². The minimum Gasteiger partial charge on any atom is -0.462 e. The van der Waals surface area contributed by atoms with Gasteiger partial charge in [-0.25, -0.2) is 4.57 Å². The van der Waals surface area contributed by atoms with Crippen LogP contribution in [0.3, 0.4) is 0 Å². The molecule has 3 unspecified atom stereocenters. The van der Waals surface area contributed by atoms with Gasteiger partial charge in [-0.1, -0.05) is 249 Å². The summed E-state index contributed by atoms with van der Waals surface area (Å²) < 4.78 is 39.5. The summed E-state index contributed by atoms with van der Waals surface area (Å²) in [6.45, 7) is 4.52. The van der Waals surface area contributed by atoms with Crippen molar-refractivity contribution in [2.24, 2.45) is 0 Å². The predicted octanol–water partition coefficient (Wildman–Crippen LogP) is 17.4. The van der Waals surface area contributed by atoms with Gasteiger partial charge in [-0.2, -0.15) is 0 Å². The smallest absolute Gasteiger partial charge is 0.462 e. The van der Waals surface area contributed by atoms with E-state index in [1.807, 2.05) is 0 Å². The zero-order valence-electron chi connectivity index (χ0n) is 46.4. The SMILES string of the molecule is CC/C=C\C/C=C\C/C=C\C/C=C\CCCCC(=O)OC(COC(=O)CCCCCCCCCCCCCCCCCCC)COP(=O)(O)OCC(CO)OC(=O)CCCCCCCCCCCCCCC. The van der Waals surface area contributed by atoms with E-state index in [0.29, 0.717) is 19.3 Å². The molecule has 12 heteroatoms. The lowest BCUT2D eigenvalue weighted by atomic mass is 10.0. The van der Waals surface area contributed by atoms with Gasteiger partial charge in [-0.05, 0) is 57.8 Å². The highest BCUT2D eigenvalue weighted by atomic mass is 31.2. The zero-order valence-corrected chi connectivity index (χ0v) is 47.3. The van der Waals surface area contributed by atoms with Gasteiger partial charge in [0.15, 0.2) is 6.10 Å². The third kappa shape index (κ3) is 52.3. The molecule has 0 aliphatic carbocycles. The van der Waals surface area contributed by atoms with Crippen LogP contribution in [-0.4, -0.2) is 66.5 Å². The van der Waals surface area contributed by atoms with E-state index in [1.54, 1.807) is 0 Å². The van der Waals surface area contributed by atoms with E-state index in [1.165, 1.54) is 141 Å². The Morgan fingerprint density at radius 3 is 1.11 bits per heavy atom. The third-order valence-electron chi connectivity index (χ3n) is 12.8. The summed E-state index contributed by atoms with van der Waals surface area (Å²) in [5, 5.41) is 9.81. The molecule has 0 spiro atoms. The number of carbonyl (C=O) groups excluding carboxylic acids is 3. The van der Waals surface area contributed by atoms with Crippen LogP contribution in [0, 0.1) is 0 Å². The largest absolute Gasteiger partial charge is 0.472 e. The van der Waals surface area contributed by atoms with Gasteiger partial charge in [0, 0.05) is 19.3 Å². The molecular weight excluding hydrogens is 928 g/mol. The minimum atomic E-state index is -4.75. The quantitative estimate of drug-likeness (QED) is 0.0197. The molecule has 0 aromatic rings. The van der Waals surface area contributed by atoms with Crippen molar-refractivity contribution in [3.05, 3.63) is 48.6 Å². The third-order valence-corrected chi connectivity index (χ3v) is 13.7. The van der Waals surface area contributed by atoms with E-state index in [9.17, 15) is 28.9 Å². The highest BCUT2D eigenvalue weighted by Gasteiger charge is 2.28. The monoisotopic (exact) mass is 1040 g/mol. The first-order valence-corrected chi connectivity index (χ1v) is 31.0. The van der Waals surface area contributed by atoms with Crippen molar-refractivity contribution in [1.82, 2.24) is 0 Å². The Kier molecular flexibility index (Phi) is 52.7. The molecule has 0 saturated carbocycles. The molecule has 420 valence electrons. The number of allylic oxidation sites excluding steroid dienone is 8. The standard InChI is InChI=1S/C60H109O11P/c1-4-7-10-13-16-19-22-25-27-28-30-32-34-37-40-43-46-49-58(62)67-53-57(71-60(64)51-48-45-42-39-36-33-29-26-23-20-17-14-11-8-5-2)55-69-72(65,66)68-54-56(52-61)70-59(63)50-47-44-41-38-35-31-24-21-18-15-12-9-6-3/h8,11,17,20,26,29,36,39,56-57,61H,4-7,9-10,12-16,18-19,21-25,27-28,30-35,37-38,40-55H2,1-3H3,(H,65,66)/b11-8-,20-17-,29-26-,39-36-. The van der Waals surface area contributed by atoms with E-state index in [0.717, 1.165) is 77.0 Å². The average Bonchev–Trinajstić information content (AvgIpc) is 3.37. The molecule has 0 radical (unpaired) electrons. The molecule has 0 bridgehead atoms. The Balaban J connectivity index is 4.73. The number of aliphatic hydroxyl groups is 1. The van der Waals surface area contributed by atoms with E-state index in [2.05, 4.69) is 69.4 Å². The molecule has 0 heterocycles. The Morgan fingerprint density at radius 2 is 0.722 bits per heavy atom. The lowest BCUT2D eigenvalue weighted by molar-refractivity contribution is -0.161. The van der Waals surface area contributed by atoms with Gasteiger partial charge in [0.2, 0.25) is 0 Å². The van der Waals surface area contributed by atoms with Crippen LogP contribution in [0.5, 0.6) is 0 Å². The number of esters is 3. The van der Waals surface area contributed by atoms with Gasteiger partial charge < -0.3 is 24.2 Å². The Labute approximate surface area is 441 Å². The first kappa shape index (κ1) is 69.4. The van der Waals surface area contributed by atoms with Gasteiger partial charge in [-0.15, -0.1) is 0 Å². The fourth-order valence-corrected chi connectivity index (χ4v) is 9.07. The molecule has 2 N–H and O–H groups in total. The normalized spacial score (nSPS) is 13.7. The Hall–Kier alpha value is -2.56. The summed E-state index contributed by atoms with van der Waals surface area (Å²) in [6.07, 6.45) is 57.9. The Morgan fingerprint density at radius 1 is 0.403 bits per heavy atom. The van der Waals surface area contributed by atoms with Crippen LogP contribution in [0.4, 0.5) is 0 Å². The maximum Gasteiger partial charge on any atom is 0.472 e. The summed E-state index contributed by atoms with van der Waals surface area (Å²) in [5.41, 5.74) is 0. The van der Waals surface area contributed by atoms with Crippen LogP contribution in [0.25, 0.3) is 0 Å². The van der Waals surface area contributed by atoms with Crippen molar-refractivity contribution in [3.8, 4) is 0 Å². The number of carbonyl (C=O) groups is 3. The van der Waals surface area contributed by atoms with Crippen molar-refractivity contribution < 1.29 is 52.2 Å². The number of phosphoric ester groups is 1. The highest BCUT2D eigenvalue weighted by molar-refractivity contribution is 7.47. The van der Waals surface area contributed by atoms with Crippen molar-refractivity contribution in [2.75, 3.05) is 26.4 Å². The van der Waals surface area contributed by atoms with Gasteiger partial charge in [0.25, 0.3) is 0 Å². The maximum absolute atomic E-state index is 12.9. The number of hydrogen-bond donors (Lipinski definition) is 2. The number of hydrogen-bond acceptors (Lipinski definition) is 10. The first-order chi connectivity index (χ1) is 35.2. The lowest BCUT2D eigenvalue weighted by Gasteiger charge is -2.21. The molecule has 0 aromatic heterocycles. The van der Waals surface area contributed by atoms with E-state index < -0.39 is 57.8 Å². The van der Waals surface area contributed by atoms with Gasteiger partial charge in [0.1, 0.15) is 12.7 Å². The summed E-state index contributed by atoms with van der Waals surface area (Å²) in [5.74, 6) is -1.50. The summed E-state index contributed by atoms with van der Waals surface area (Å²) in [4.78, 5) is 48.5. The van der Waals surface area contributed by atoms with Crippen LogP contribution in [0.15, 0.2) is 48.6 Å². The maximum atomic E-state index is 12.9. The van der Waals surface area contributed by atoms with E-state index >= 15 is 0 Å². The van der Waals surface area contributed by atoms with E-state index in [-0.39, 0.29) is 25.9 Å². The van der Waals surface area contributed by atoms with Crippen LogP contribution >= 0.6 is 7.82 Å². The molecule has 0 saturated heterocycles. The number of ether oxygens (including phenoxy) is 3. The molecule has 3 atom stereocenters. The summed E-state index contributed by atoms with van der Waals surface area (Å²) in [7, 11) is -4.75. The molecule has 0 amide bonds. The second kappa shape index (κ2) is 54.7. The molecule has 72 heavy (non-hydrogen) atoms. The molecule has 11 nitrogen and oxygen atoms in total. The van der Waals surface area contributed by atoms with E-state index in [4.69, 9.17) is 23.3 Å². The highest BCUT2D eigenvalue weighted by Crippen LogP contribution is 2.43. The Bertz CT molecular complexity index is 1400. The summed E-state index contributed by atoms with van der Waals surface area (Å²) >= 11 is 0. The molecule has 0 aliphatic heterocycles. The fraction of sp³-hybridized carbons (Fsp3) is 0.817. The molecule has 0 aromatic carbocycles. The summed E-state index contributed by atoms with van der Waals surface area (Å²) in [6, 6.07) is 0. The predicted molar refractivity (Wildman–Crippen MR) is 298 cm³/mol. The molecule has 0 aliphatic rings. The minimum absolute atomic E-state index is 0.118. The topological polar surface area (TPSA) is 155 Å². The average molecular weight is 1040 g/mol. The lowest BCUT2D eigenvalue weighted by Crippen LogP contribution is -2.30. The van der Waals surface area contributed by atoms with Crippen LogP contribution in [-0.2, 0) is 42.2 Å². The second-order valence-electron chi connectivity index (χ2n) is 19.8. The van der Waals surface area contributed by atoms with Gasteiger partial charge >= 0.3 is 25.7 Å². The van der Waals surface area contributed by atoms with Gasteiger partial charge in [0.05, 0.1) is 19.8 Å². The van der Waals surface area contributed by atoms with Crippen molar-refractivity contribution in [1.29, 1.82) is 0 Å². The van der Waals surface area contributed by atoms with Crippen LogP contribution in [0.2, 0.25) is 0 Å². The number of aliphatic hydroxyl groups excluding tert-OH is 1. The zero-order chi connectivity index (χ0) is 52.7. The van der Waals surface area contributed by atoms with Crippen molar-refractivity contribution >= 4 is 25.7 Å². The molecule has 0 fully saturated rings. The molecular formula is C60H109O11P.